The van der Waals surface area contributed by atoms with E-state index in [4.69, 9.17) is 4.74 Å². The lowest BCUT2D eigenvalue weighted by atomic mass is 10.2. The fourth-order valence-electron chi connectivity index (χ4n) is 2.65. The van der Waals surface area contributed by atoms with Gasteiger partial charge in [0.05, 0.1) is 18.5 Å². The van der Waals surface area contributed by atoms with Gasteiger partial charge in [0, 0.05) is 37.2 Å². The van der Waals surface area contributed by atoms with Crippen molar-refractivity contribution < 1.29 is 4.74 Å². The maximum absolute atomic E-state index is 5.79. The summed E-state index contributed by atoms with van der Waals surface area (Å²) < 4.78 is 9.75. The monoisotopic (exact) mass is 339 g/mol. The molecular formula is C19H25N5O. The molecule has 132 valence electrons. The molecule has 0 spiro atoms. The molecule has 1 aromatic carbocycles. The predicted molar refractivity (Wildman–Crippen MR) is 99.1 cm³/mol. The molecule has 0 aliphatic carbocycles. The number of hydrogen-bond acceptors (Lipinski definition) is 4. The van der Waals surface area contributed by atoms with Crippen molar-refractivity contribution in [2.75, 3.05) is 27.2 Å². The van der Waals surface area contributed by atoms with Crippen LogP contribution in [0, 0.1) is 0 Å². The van der Waals surface area contributed by atoms with E-state index < -0.39 is 0 Å². The van der Waals surface area contributed by atoms with Crippen LogP contribution in [-0.2, 0) is 6.54 Å². The Balaban J connectivity index is 1.70. The van der Waals surface area contributed by atoms with E-state index in [0.717, 1.165) is 48.9 Å². The summed E-state index contributed by atoms with van der Waals surface area (Å²) in [5, 5.41) is 4.34. The summed E-state index contributed by atoms with van der Waals surface area (Å²) in [7, 11) is 4.14. The van der Waals surface area contributed by atoms with Gasteiger partial charge in [-0.3, -0.25) is 9.25 Å². The predicted octanol–water partition coefficient (Wildman–Crippen LogP) is 3.09. The number of imidazole rings is 1. The van der Waals surface area contributed by atoms with Crippen molar-refractivity contribution in [3.63, 3.8) is 0 Å². The molecule has 2 heterocycles. The van der Waals surface area contributed by atoms with Gasteiger partial charge >= 0.3 is 0 Å². The SMILES string of the molecule is CCn1cc(-n2ccnc2-c2ccc(OCCCN(C)C)cc2)cn1. The van der Waals surface area contributed by atoms with Gasteiger partial charge in [-0.2, -0.15) is 5.10 Å². The quantitative estimate of drug-likeness (QED) is 0.592. The molecule has 0 radical (unpaired) electrons. The molecule has 25 heavy (non-hydrogen) atoms. The highest BCUT2D eigenvalue weighted by Gasteiger charge is 2.09. The molecule has 6 nitrogen and oxygen atoms in total. The molecule has 0 aliphatic heterocycles. The number of nitrogens with zero attached hydrogens (tertiary/aromatic N) is 5. The van der Waals surface area contributed by atoms with Crippen LogP contribution in [-0.4, -0.2) is 51.5 Å². The lowest BCUT2D eigenvalue weighted by Crippen LogP contribution is -2.15. The molecule has 0 bridgehead atoms. The molecule has 0 saturated heterocycles. The minimum atomic E-state index is 0.725. The second-order valence-electron chi connectivity index (χ2n) is 6.20. The third kappa shape index (κ3) is 4.28. The van der Waals surface area contributed by atoms with Crippen molar-refractivity contribution >= 4 is 0 Å². The molecule has 0 N–H and O–H groups in total. The topological polar surface area (TPSA) is 48.1 Å². The van der Waals surface area contributed by atoms with E-state index in [2.05, 4.69) is 36.0 Å². The number of benzene rings is 1. The number of aromatic nitrogens is 4. The zero-order chi connectivity index (χ0) is 17.6. The first-order valence-electron chi connectivity index (χ1n) is 8.61. The van der Waals surface area contributed by atoms with Crippen LogP contribution in [0.5, 0.6) is 5.75 Å². The summed E-state index contributed by atoms with van der Waals surface area (Å²) in [6.45, 7) is 4.68. The van der Waals surface area contributed by atoms with Crippen LogP contribution in [0.25, 0.3) is 17.1 Å². The Labute approximate surface area is 148 Å². The van der Waals surface area contributed by atoms with Crippen molar-refractivity contribution in [2.45, 2.75) is 19.9 Å². The number of rotatable bonds is 8. The van der Waals surface area contributed by atoms with Crippen LogP contribution < -0.4 is 4.74 Å². The third-order valence-electron chi connectivity index (χ3n) is 3.99. The van der Waals surface area contributed by atoms with Gasteiger partial charge in [-0.1, -0.05) is 0 Å². The Kier molecular flexibility index (Phi) is 5.50. The van der Waals surface area contributed by atoms with Gasteiger partial charge in [0.15, 0.2) is 0 Å². The normalized spacial score (nSPS) is 11.2. The first-order valence-corrected chi connectivity index (χ1v) is 8.61. The van der Waals surface area contributed by atoms with E-state index in [1.807, 2.05) is 58.3 Å². The molecule has 0 atom stereocenters. The molecule has 0 fully saturated rings. The molecule has 6 heteroatoms. The summed E-state index contributed by atoms with van der Waals surface area (Å²) >= 11 is 0. The first-order chi connectivity index (χ1) is 12.2. The summed E-state index contributed by atoms with van der Waals surface area (Å²) in [6, 6.07) is 8.09. The number of aryl methyl sites for hydroxylation is 1. The van der Waals surface area contributed by atoms with E-state index in [9.17, 15) is 0 Å². The van der Waals surface area contributed by atoms with E-state index in [0.29, 0.717) is 0 Å². The number of ether oxygens (including phenoxy) is 1. The van der Waals surface area contributed by atoms with Gasteiger partial charge < -0.3 is 9.64 Å². The molecular weight excluding hydrogens is 314 g/mol. The maximum atomic E-state index is 5.79. The fourth-order valence-corrected chi connectivity index (χ4v) is 2.65. The average Bonchev–Trinajstić information content (AvgIpc) is 3.27. The largest absolute Gasteiger partial charge is 0.494 e. The molecule has 2 aromatic heterocycles. The second kappa shape index (κ2) is 7.98. The van der Waals surface area contributed by atoms with Crippen molar-refractivity contribution in [2.24, 2.45) is 0 Å². The maximum Gasteiger partial charge on any atom is 0.144 e. The first kappa shape index (κ1) is 17.2. The van der Waals surface area contributed by atoms with Crippen LogP contribution in [0.1, 0.15) is 13.3 Å². The van der Waals surface area contributed by atoms with E-state index in [-0.39, 0.29) is 0 Å². The Hall–Kier alpha value is -2.60. The lowest BCUT2D eigenvalue weighted by molar-refractivity contribution is 0.281. The molecule has 0 amide bonds. The van der Waals surface area contributed by atoms with Crippen molar-refractivity contribution in [1.82, 2.24) is 24.2 Å². The Morgan fingerprint density at radius 2 is 1.96 bits per heavy atom. The highest BCUT2D eigenvalue weighted by molar-refractivity contribution is 5.59. The molecule has 3 rings (SSSR count). The Morgan fingerprint density at radius 3 is 2.64 bits per heavy atom. The van der Waals surface area contributed by atoms with Crippen LogP contribution in [0.15, 0.2) is 49.1 Å². The molecule has 3 aromatic rings. The lowest BCUT2D eigenvalue weighted by Gasteiger charge is -2.11. The van der Waals surface area contributed by atoms with E-state index in [1.54, 1.807) is 0 Å². The van der Waals surface area contributed by atoms with Gasteiger partial charge in [-0.15, -0.1) is 0 Å². The standard InChI is InChI=1S/C19H25N5O/c1-4-23-15-17(14-21-23)24-12-10-20-19(24)16-6-8-18(9-7-16)25-13-5-11-22(2)3/h6-10,12,14-15H,4-5,11,13H2,1-3H3. The van der Waals surface area contributed by atoms with Crippen LogP contribution in [0.2, 0.25) is 0 Å². The molecule has 0 saturated carbocycles. The van der Waals surface area contributed by atoms with E-state index in [1.165, 1.54) is 0 Å². The van der Waals surface area contributed by atoms with Crippen LogP contribution >= 0.6 is 0 Å². The van der Waals surface area contributed by atoms with Crippen molar-refractivity contribution in [3.8, 4) is 22.8 Å². The average molecular weight is 339 g/mol. The summed E-state index contributed by atoms with van der Waals surface area (Å²) in [5.41, 5.74) is 2.06. The smallest absolute Gasteiger partial charge is 0.144 e. The summed E-state index contributed by atoms with van der Waals surface area (Å²) in [4.78, 5) is 6.66. The zero-order valence-corrected chi connectivity index (χ0v) is 15.1. The Morgan fingerprint density at radius 1 is 1.16 bits per heavy atom. The summed E-state index contributed by atoms with van der Waals surface area (Å²) in [6.07, 6.45) is 8.66. The van der Waals surface area contributed by atoms with Gasteiger partial charge in [-0.05, 0) is 51.7 Å². The van der Waals surface area contributed by atoms with Crippen molar-refractivity contribution in [3.05, 3.63) is 49.1 Å². The van der Waals surface area contributed by atoms with Gasteiger partial charge in [0.25, 0.3) is 0 Å². The highest BCUT2D eigenvalue weighted by atomic mass is 16.5. The minimum Gasteiger partial charge on any atom is -0.494 e. The summed E-state index contributed by atoms with van der Waals surface area (Å²) in [5.74, 6) is 1.79. The minimum absolute atomic E-state index is 0.725. The Bertz CT molecular complexity index is 788. The van der Waals surface area contributed by atoms with Gasteiger partial charge in [0.2, 0.25) is 0 Å². The van der Waals surface area contributed by atoms with Gasteiger partial charge in [0.1, 0.15) is 11.6 Å². The fraction of sp³-hybridized carbons (Fsp3) is 0.368. The van der Waals surface area contributed by atoms with Crippen LogP contribution in [0.4, 0.5) is 0 Å². The highest BCUT2D eigenvalue weighted by Crippen LogP contribution is 2.23. The third-order valence-corrected chi connectivity index (χ3v) is 3.99. The number of hydrogen-bond donors (Lipinski definition) is 0. The van der Waals surface area contributed by atoms with Crippen molar-refractivity contribution in [1.29, 1.82) is 0 Å². The van der Waals surface area contributed by atoms with E-state index >= 15 is 0 Å². The molecule has 0 aliphatic rings. The van der Waals surface area contributed by atoms with Crippen LogP contribution in [0.3, 0.4) is 0 Å². The van der Waals surface area contributed by atoms with Gasteiger partial charge in [-0.25, -0.2) is 4.98 Å². The molecule has 0 unspecified atom stereocenters. The zero-order valence-electron chi connectivity index (χ0n) is 15.1. The second-order valence-corrected chi connectivity index (χ2v) is 6.20.